The van der Waals surface area contributed by atoms with Gasteiger partial charge in [0.15, 0.2) is 11.5 Å². The number of benzene rings is 1. The van der Waals surface area contributed by atoms with Crippen LogP contribution in [0, 0.1) is 0 Å². The fourth-order valence-electron chi connectivity index (χ4n) is 2.04. The lowest BCUT2D eigenvalue weighted by atomic mass is 9.99. The molecule has 18 heavy (non-hydrogen) atoms. The molecule has 0 spiro atoms. The number of hydrogen-bond acceptors (Lipinski definition) is 3. The highest BCUT2D eigenvalue weighted by Crippen LogP contribution is 2.24. The Morgan fingerprint density at radius 1 is 1.33 bits per heavy atom. The lowest BCUT2D eigenvalue weighted by molar-refractivity contribution is -0.120. The predicted molar refractivity (Wildman–Crippen MR) is 68.4 cm³/mol. The van der Waals surface area contributed by atoms with Crippen molar-refractivity contribution in [1.82, 2.24) is 0 Å². The summed E-state index contributed by atoms with van der Waals surface area (Å²) in [5.41, 5.74) is 0.992. The number of Topliss-reactive ketones (excluding diaryl/α,β-unsaturated/α-hetero) is 1. The first-order chi connectivity index (χ1) is 8.65. The van der Waals surface area contributed by atoms with E-state index in [1.54, 1.807) is 19.1 Å². The van der Waals surface area contributed by atoms with Gasteiger partial charge < -0.3 is 10.0 Å². The summed E-state index contributed by atoms with van der Waals surface area (Å²) < 4.78 is 0. The first-order valence-corrected chi connectivity index (χ1v) is 5.97. The zero-order chi connectivity index (χ0) is 13.1. The van der Waals surface area contributed by atoms with Crippen LogP contribution in [0.1, 0.15) is 19.8 Å². The molecule has 1 aromatic rings. The van der Waals surface area contributed by atoms with Crippen LogP contribution in [0.5, 0.6) is 0 Å². The zero-order valence-corrected chi connectivity index (χ0v) is 10.2. The molecule has 2 rings (SSSR count). The fraction of sp³-hybridized carbons (Fsp3) is 0.286. The van der Waals surface area contributed by atoms with Crippen molar-refractivity contribution in [3.05, 3.63) is 41.7 Å². The minimum Gasteiger partial charge on any atom is -0.503 e. The molecule has 1 N–H and O–H groups in total. The van der Waals surface area contributed by atoms with Crippen LogP contribution in [-0.2, 0) is 9.59 Å². The second-order valence-corrected chi connectivity index (χ2v) is 4.15. The molecular formula is C14H15NO3. The largest absolute Gasteiger partial charge is 0.503 e. The Morgan fingerprint density at radius 2 is 2.00 bits per heavy atom. The smallest absolute Gasteiger partial charge is 0.293 e. The molecule has 1 aromatic carbocycles. The quantitative estimate of drug-likeness (QED) is 0.888. The Hall–Kier alpha value is -2.10. The van der Waals surface area contributed by atoms with Gasteiger partial charge in [-0.2, -0.15) is 0 Å². The first kappa shape index (κ1) is 12.4. The summed E-state index contributed by atoms with van der Waals surface area (Å²) in [5.74, 6) is -1.06. The van der Waals surface area contributed by atoms with Gasteiger partial charge in [-0.05, 0) is 18.6 Å². The van der Waals surface area contributed by atoms with Crippen LogP contribution in [0.25, 0.3) is 0 Å². The van der Waals surface area contributed by atoms with Crippen LogP contribution in [0.15, 0.2) is 41.7 Å². The molecule has 4 heteroatoms. The summed E-state index contributed by atoms with van der Waals surface area (Å²) in [5, 5.41) is 9.84. The van der Waals surface area contributed by atoms with Gasteiger partial charge in [0, 0.05) is 24.2 Å². The number of aliphatic hydroxyl groups is 1. The molecule has 1 aliphatic rings. The monoisotopic (exact) mass is 245 g/mol. The van der Waals surface area contributed by atoms with E-state index in [-0.39, 0.29) is 11.4 Å². The number of para-hydroxylation sites is 1. The molecule has 0 saturated carbocycles. The van der Waals surface area contributed by atoms with E-state index in [0.717, 1.165) is 5.69 Å². The van der Waals surface area contributed by atoms with E-state index in [9.17, 15) is 14.7 Å². The van der Waals surface area contributed by atoms with Gasteiger partial charge >= 0.3 is 0 Å². The SMILES string of the molecule is CCC(=O)C1=C(O)C(=O)N(c2ccccc2)CC1. The van der Waals surface area contributed by atoms with Gasteiger partial charge in [0.25, 0.3) is 5.91 Å². The first-order valence-electron chi connectivity index (χ1n) is 5.97. The number of aliphatic hydroxyl groups excluding tert-OH is 1. The van der Waals surface area contributed by atoms with Gasteiger partial charge in [0.2, 0.25) is 0 Å². The second kappa shape index (κ2) is 5.04. The van der Waals surface area contributed by atoms with E-state index >= 15 is 0 Å². The number of carbonyl (C=O) groups is 2. The van der Waals surface area contributed by atoms with Crippen LogP contribution in [0.3, 0.4) is 0 Å². The number of hydrogen-bond donors (Lipinski definition) is 1. The van der Waals surface area contributed by atoms with Crippen molar-refractivity contribution in [2.24, 2.45) is 0 Å². The predicted octanol–water partition coefficient (Wildman–Crippen LogP) is 2.21. The van der Waals surface area contributed by atoms with Crippen molar-refractivity contribution in [3.63, 3.8) is 0 Å². The van der Waals surface area contributed by atoms with Crippen molar-refractivity contribution in [3.8, 4) is 0 Å². The van der Waals surface area contributed by atoms with Crippen molar-refractivity contribution >= 4 is 17.4 Å². The molecule has 94 valence electrons. The molecule has 0 unspecified atom stereocenters. The lowest BCUT2D eigenvalue weighted by Crippen LogP contribution is -2.38. The molecule has 0 radical (unpaired) electrons. The Labute approximate surface area is 106 Å². The molecule has 1 amide bonds. The highest BCUT2D eigenvalue weighted by molar-refractivity contribution is 6.11. The Bertz CT molecular complexity index is 505. The van der Waals surface area contributed by atoms with E-state index in [2.05, 4.69) is 0 Å². The van der Waals surface area contributed by atoms with Crippen LogP contribution < -0.4 is 4.90 Å². The van der Waals surface area contributed by atoms with Crippen LogP contribution >= 0.6 is 0 Å². The average Bonchev–Trinajstić information content (AvgIpc) is 2.42. The van der Waals surface area contributed by atoms with E-state index in [0.29, 0.717) is 19.4 Å². The topological polar surface area (TPSA) is 57.6 Å². The highest BCUT2D eigenvalue weighted by Gasteiger charge is 2.30. The summed E-state index contributed by atoms with van der Waals surface area (Å²) >= 11 is 0. The summed E-state index contributed by atoms with van der Waals surface area (Å²) in [7, 11) is 0. The molecule has 0 saturated heterocycles. The third-order valence-electron chi connectivity index (χ3n) is 3.04. The van der Waals surface area contributed by atoms with Crippen molar-refractivity contribution in [2.45, 2.75) is 19.8 Å². The van der Waals surface area contributed by atoms with Crippen LogP contribution in [0.4, 0.5) is 5.69 Å². The molecule has 0 atom stereocenters. The number of ketones is 1. The Morgan fingerprint density at radius 3 is 2.61 bits per heavy atom. The van der Waals surface area contributed by atoms with Gasteiger partial charge in [-0.1, -0.05) is 25.1 Å². The number of rotatable bonds is 3. The molecule has 1 heterocycles. The minimum absolute atomic E-state index is 0.159. The summed E-state index contributed by atoms with van der Waals surface area (Å²) in [6, 6.07) is 9.13. The molecule has 1 aliphatic heterocycles. The summed E-state index contributed by atoms with van der Waals surface area (Å²) in [6.07, 6.45) is 0.706. The summed E-state index contributed by atoms with van der Waals surface area (Å²) in [6.45, 7) is 2.14. The number of amides is 1. The highest BCUT2D eigenvalue weighted by atomic mass is 16.3. The molecule has 0 aromatic heterocycles. The molecular weight excluding hydrogens is 230 g/mol. The maximum Gasteiger partial charge on any atom is 0.293 e. The van der Waals surface area contributed by atoms with Crippen LogP contribution in [0.2, 0.25) is 0 Å². The average molecular weight is 245 g/mol. The lowest BCUT2D eigenvalue weighted by Gasteiger charge is -2.27. The van der Waals surface area contributed by atoms with Crippen molar-refractivity contribution in [2.75, 3.05) is 11.4 Å². The number of anilines is 1. The van der Waals surface area contributed by atoms with Gasteiger partial charge in [-0.3, -0.25) is 9.59 Å². The third kappa shape index (κ3) is 2.14. The molecule has 0 bridgehead atoms. The third-order valence-corrected chi connectivity index (χ3v) is 3.04. The molecule has 4 nitrogen and oxygen atoms in total. The Kier molecular flexibility index (Phi) is 3.46. The van der Waals surface area contributed by atoms with Crippen LogP contribution in [-0.4, -0.2) is 23.3 Å². The van der Waals surface area contributed by atoms with E-state index < -0.39 is 11.7 Å². The van der Waals surface area contributed by atoms with Crippen molar-refractivity contribution in [1.29, 1.82) is 0 Å². The normalized spacial score (nSPS) is 16.1. The van der Waals surface area contributed by atoms with Gasteiger partial charge in [0.05, 0.1) is 0 Å². The number of carbonyl (C=O) groups excluding carboxylic acids is 2. The van der Waals surface area contributed by atoms with E-state index in [4.69, 9.17) is 0 Å². The minimum atomic E-state index is -0.496. The molecule has 0 fully saturated rings. The van der Waals surface area contributed by atoms with Gasteiger partial charge in [-0.15, -0.1) is 0 Å². The number of nitrogens with zero attached hydrogens (tertiary/aromatic N) is 1. The second-order valence-electron chi connectivity index (χ2n) is 4.15. The fourth-order valence-corrected chi connectivity index (χ4v) is 2.04. The Balaban J connectivity index is 2.30. The van der Waals surface area contributed by atoms with E-state index in [1.807, 2.05) is 18.2 Å². The van der Waals surface area contributed by atoms with Gasteiger partial charge in [-0.25, -0.2) is 0 Å². The summed E-state index contributed by atoms with van der Waals surface area (Å²) in [4.78, 5) is 25.1. The maximum atomic E-state index is 12.0. The molecule has 0 aliphatic carbocycles. The van der Waals surface area contributed by atoms with Crippen molar-refractivity contribution < 1.29 is 14.7 Å². The standard InChI is InChI=1S/C14H15NO3/c1-2-12(16)11-8-9-15(14(18)13(11)17)10-6-4-3-5-7-10/h3-7,17H,2,8-9H2,1H3. The van der Waals surface area contributed by atoms with E-state index in [1.165, 1.54) is 4.90 Å². The zero-order valence-electron chi connectivity index (χ0n) is 10.2. The van der Waals surface area contributed by atoms with Gasteiger partial charge in [0.1, 0.15) is 0 Å². The maximum absolute atomic E-state index is 12.0.